The van der Waals surface area contributed by atoms with E-state index < -0.39 is 0 Å². The SMILES string of the molecule is NC1CCCCN1CCCn1cc2c(-c3ccc(F)cc3)c(-c3ccncc3)c(-c3ccc(F)cc3)nc2n1. The average molecular weight is 525 g/mol. The molecule has 4 heterocycles. The normalized spacial score (nSPS) is 16.1. The third-order valence-electron chi connectivity index (χ3n) is 7.43. The molecule has 2 N–H and O–H groups in total. The smallest absolute Gasteiger partial charge is 0.182 e. The van der Waals surface area contributed by atoms with Crippen LogP contribution in [0.4, 0.5) is 8.78 Å². The summed E-state index contributed by atoms with van der Waals surface area (Å²) in [5.74, 6) is -0.623. The molecule has 2 aromatic carbocycles. The first-order chi connectivity index (χ1) is 19.1. The first kappa shape index (κ1) is 25.3. The molecule has 0 radical (unpaired) electrons. The number of likely N-dealkylation sites (tertiary alicyclic amines) is 1. The molecule has 0 spiro atoms. The van der Waals surface area contributed by atoms with Crippen molar-refractivity contribution >= 4 is 11.0 Å². The maximum Gasteiger partial charge on any atom is 0.182 e. The summed E-state index contributed by atoms with van der Waals surface area (Å²) >= 11 is 0. The maximum atomic E-state index is 14.0. The average Bonchev–Trinajstić information content (AvgIpc) is 3.37. The Morgan fingerprint density at radius 2 is 1.46 bits per heavy atom. The topological polar surface area (TPSA) is 72.9 Å². The van der Waals surface area contributed by atoms with Crippen LogP contribution in [-0.2, 0) is 6.54 Å². The minimum absolute atomic E-state index is 0.128. The molecule has 5 aromatic rings. The molecule has 39 heavy (non-hydrogen) atoms. The van der Waals surface area contributed by atoms with Gasteiger partial charge in [-0.05, 0) is 91.9 Å². The van der Waals surface area contributed by atoms with Gasteiger partial charge in [-0.1, -0.05) is 12.1 Å². The van der Waals surface area contributed by atoms with Gasteiger partial charge in [0.15, 0.2) is 5.65 Å². The molecule has 198 valence electrons. The van der Waals surface area contributed by atoms with Crippen molar-refractivity contribution in [1.82, 2.24) is 24.6 Å². The Kier molecular flexibility index (Phi) is 7.13. The molecule has 1 unspecified atom stereocenters. The third-order valence-corrected chi connectivity index (χ3v) is 7.43. The standard InChI is InChI=1S/C31H30F2N6/c32-24-9-5-21(6-10-24)28-26-20-39(19-3-18-38-17-2-1-4-27(38)34)37-31(26)36-30(23-7-11-25(33)12-8-23)29(28)22-13-15-35-16-14-22/h5-16,20,27H,1-4,17-19,34H2. The molecule has 1 aliphatic heterocycles. The van der Waals surface area contributed by atoms with Crippen molar-refractivity contribution in [2.75, 3.05) is 13.1 Å². The van der Waals surface area contributed by atoms with Crippen LogP contribution in [0, 0.1) is 11.6 Å². The molecule has 1 atom stereocenters. The number of nitrogens with two attached hydrogens (primary N) is 1. The van der Waals surface area contributed by atoms with Crippen molar-refractivity contribution in [2.45, 2.75) is 38.4 Å². The van der Waals surface area contributed by atoms with Gasteiger partial charge >= 0.3 is 0 Å². The van der Waals surface area contributed by atoms with Crippen LogP contribution in [0.25, 0.3) is 44.5 Å². The summed E-state index contributed by atoms with van der Waals surface area (Å²) in [6.07, 6.45) is 9.95. The Hall–Kier alpha value is -4.01. The van der Waals surface area contributed by atoms with Gasteiger partial charge in [0.2, 0.25) is 0 Å². The minimum atomic E-state index is -0.318. The van der Waals surface area contributed by atoms with Crippen molar-refractivity contribution in [3.8, 4) is 33.5 Å². The van der Waals surface area contributed by atoms with Gasteiger partial charge < -0.3 is 5.73 Å². The highest BCUT2D eigenvalue weighted by molar-refractivity contribution is 6.05. The number of halogens is 2. The number of benzene rings is 2. The number of hydrogen-bond donors (Lipinski definition) is 1. The second-order valence-electron chi connectivity index (χ2n) is 10.0. The molecule has 1 aliphatic rings. The summed E-state index contributed by atoms with van der Waals surface area (Å²) in [5.41, 5.74) is 11.8. The lowest BCUT2D eigenvalue weighted by atomic mass is 9.90. The number of aromatic nitrogens is 4. The van der Waals surface area contributed by atoms with Crippen molar-refractivity contribution in [2.24, 2.45) is 5.73 Å². The van der Waals surface area contributed by atoms with E-state index in [1.54, 1.807) is 36.7 Å². The van der Waals surface area contributed by atoms with Crippen LogP contribution in [0.1, 0.15) is 25.7 Å². The molecule has 1 saturated heterocycles. The summed E-state index contributed by atoms with van der Waals surface area (Å²) in [7, 11) is 0. The number of pyridine rings is 2. The summed E-state index contributed by atoms with van der Waals surface area (Å²) in [6, 6.07) is 16.6. The molecule has 6 rings (SSSR count). The highest BCUT2D eigenvalue weighted by Crippen LogP contribution is 2.43. The highest BCUT2D eigenvalue weighted by Gasteiger charge is 2.22. The first-order valence-corrected chi connectivity index (χ1v) is 13.4. The Morgan fingerprint density at radius 1 is 0.795 bits per heavy atom. The summed E-state index contributed by atoms with van der Waals surface area (Å²) < 4.78 is 29.7. The van der Waals surface area contributed by atoms with E-state index in [1.807, 2.05) is 23.0 Å². The lowest BCUT2D eigenvalue weighted by Crippen LogP contribution is -2.45. The maximum absolute atomic E-state index is 14.0. The lowest BCUT2D eigenvalue weighted by Gasteiger charge is -2.32. The van der Waals surface area contributed by atoms with E-state index in [2.05, 4.69) is 9.88 Å². The van der Waals surface area contributed by atoms with E-state index in [4.69, 9.17) is 15.8 Å². The Labute approximate surface area is 226 Å². The van der Waals surface area contributed by atoms with E-state index in [9.17, 15) is 8.78 Å². The number of hydrogen-bond acceptors (Lipinski definition) is 5. The van der Waals surface area contributed by atoms with Gasteiger partial charge in [-0.15, -0.1) is 0 Å². The Morgan fingerprint density at radius 3 is 2.15 bits per heavy atom. The van der Waals surface area contributed by atoms with Crippen LogP contribution < -0.4 is 5.73 Å². The van der Waals surface area contributed by atoms with Crippen molar-refractivity contribution in [3.63, 3.8) is 0 Å². The predicted octanol–water partition coefficient (Wildman–Crippen LogP) is 6.27. The lowest BCUT2D eigenvalue weighted by molar-refractivity contribution is 0.148. The molecule has 6 nitrogen and oxygen atoms in total. The molecule has 3 aromatic heterocycles. The zero-order valence-corrected chi connectivity index (χ0v) is 21.6. The second-order valence-corrected chi connectivity index (χ2v) is 10.0. The van der Waals surface area contributed by atoms with Gasteiger partial charge in [0.05, 0.1) is 11.9 Å². The number of rotatable bonds is 7. The zero-order chi connectivity index (χ0) is 26.8. The molecule has 0 saturated carbocycles. The van der Waals surface area contributed by atoms with Crippen molar-refractivity contribution in [3.05, 3.63) is 90.9 Å². The van der Waals surface area contributed by atoms with Crippen LogP contribution in [-0.4, -0.2) is 43.9 Å². The van der Waals surface area contributed by atoms with Crippen molar-refractivity contribution in [1.29, 1.82) is 0 Å². The van der Waals surface area contributed by atoms with Crippen LogP contribution in [0.2, 0.25) is 0 Å². The molecular weight excluding hydrogens is 494 g/mol. The number of aryl methyl sites for hydroxylation is 1. The van der Waals surface area contributed by atoms with Gasteiger partial charge in [-0.2, -0.15) is 5.10 Å². The fourth-order valence-corrected chi connectivity index (χ4v) is 5.46. The molecule has 0 bridgehead atoms. The number of fused-ring (bicyclic) bond motifs is 1. The monoisotopic (exact) mass is 524 g/mol. The first-order valence-electron chi connectivity index (χ1n) is 13.4. The number of piperidine rings is 1. The molecule has 1 fully saturated rings. The number of nitrogens with zero attached hydrogens (tertiary/aromatic N) is 5. The summed E-state index contributed by atoms with van der Waals surface area (Å²) in [4.78, 5) is 11.6. The van der Waals surface area contributed by atoms with Crippen LogP contribution in [0.15, 0.2) is 79.3 Å². The quantitative estimate of drug-likeness (QED) is 0.272. The fourth-order valence-electron chi connectivity index (χ4n) is 5.46. The Balaban J connectivity index is 1.49. The van der Waals surface area contributed by atoms with Gasteiger partial charge in [0.1, 0.15) is 11.6 Å². The molecule has 0 amide bonds. The van der Waals surface area contributed by atoms with E-state index in [-0.39, 0.29) is 17.8 Å². The van der Waals surface area contributed by atoms with Gasteiger partial charge in [0, 0.05) is 53.8 Å². The molecule has 0 aliphatic carbocycles. The highest BCUT2D eigenvalue weighted by atomic mass is 19.1. The Bertz CT molecular complexity index is 1570. The van der Waals surface area contributed by atoms with Crippen LogP contribution in [0.5, 0.6) is 0 Å². The summed E-state index contributed by atoms with van der Waals surface area (Å²) in [6.45, 7) is 2.67. The largest absolute Gasteiger partial charge is 0.316 e. The van der Waals surface area contributed by atoms with E-state index >= 15 is 0 Å². The van der Waals surface area contributed by atoms with Crippen LogP contribution >= 0.6 is 0 Å². The van der Waals surface area contributed by atoms with Gasteiger partial charge in [0.25, 0.3) is 0 Å². The van der Waals surface area contributed by atoms with Gasteiger partial charge in [-0.25, -0.2) is 13.8 Å². The predicted molar refractivity (Wildman–Crippen MR) is 150 cm³/mol. The second kappa shape index (κ2) is 11.0. The van der Waals surface area contributed by atoms with Crippen molar-refractivity contribution < 1.29 is 8.78 Å². The minimum Gasteiger partial charge on any atom is -0.316 e. The zero-order valence-electron chi connectivity index (χ0n) is 21.6. The molecular formula is C31H30F2N6. The van der Waals surface area contributed by atoms with Gasteiger partial charge in [-0.3, -0.25) is 14.6 Å². The fraction of sp³-hybridized carbons (Fsp3) is 0.258. The molecule has 8 heteroatoms. The van der Waals surface area contributed by atoms with E-state index in [0.717, 1.165) is 65.7 Å². The summed E-state index contributed by atoms with van der Waals surface area (Å²) in [5, 5.41) is 5.72. The third kappa shape index (κ3) is 5.30. The van der Waals surface area contributed by atoms with E-state index in [1.165, 1.54) is 37.1 Å². The van der Waals surface area contributed by atoms with E-state index in [0.29, 0.717) is 11.3 Å². The van der Waals surface area contributed by atoms with Crippen LogP contribution in [0.3, 0.4) is 0 Å².